The van der Waals surface area contributed by atoms with Crippen LogP contribution in [-0.2, 0) is 11.3 Å². The van der Waals surface area contributed by atoms with Gasteiger partial charge in [0.25, 0.3) is 0 Å². The van der Waals surface area contributed by atoms with E-state index in [9.17, 15) is 4.79 Å². The number of carbonyl (C=O) groups excluding carboxylic acids is 1. The topological polar surface area (TPSA) is 80.0 Å². The maximum absolute atomic E-state index is 12.2. The summed E-state index contributed by atoms with van der Waals surface area (Å²) in [5.41, 5.74) is 0.889. The minimum atomic E-state index is 0.0669. The summed E-state index contributed by atoms with van der Waals surface area (Å²) in [5.74, 6) is 0.786. The highest BCUT2D eigenvalue weighted by molar-refractivity contribution is 5.76. The van der Waals surface area contributed by atoms with Crippen molar-refractivity contribution in [2.45, 2.75) is 13.5 Å². The molecular weight excluding hydrogens is 270 g/mol. The summed E-state index contributed by atoms with van der Waals surface area (Å²) in [6, 6.07) is 1.80. The predicted molar refractivity (Wildman–Crippen MR) is 75.6 cm³/mol. The number of aryl methyl sites for hydroxylation is 1. The van der Waals surface area contributed by atoms with Crippen LogP contribution in [0.4, 0.5) is 5.95 Å². The fraction of sp³-hybridized carbons (Fsp3) is 0.462. The fourth-order valence-electron chi connectivity index (χ4n) is 2.30. The zero-order chi connectivity index (χ0) is 14.7. The van der Waals surface area contributed by atoms with E-state index < -0.39 is 0 Å². The SMILES string of the molecule is Cc1cnnn1CC(=O)N1CCN(c2ncccn2)CC1. The molecule has 0 bridgehead atoms. The molecule has 8 heteroatoms. The quantitative estimate of drug-likeness (QED) is 0.773. The number of piperazine rings is 1. The van der Waals surface area contributed by atoms with E-state index in [-0.39, 0.29) is 12.5 Å². The third-order valence-corrected chi connectivity index (χ3v) is 3.56. The van der Waals surface area contributed by atoms with E-state index in [0.29, 0.717) is 13.1 Å². The number of rotatable bonds is 3. The molecule has 8 nitrogen and oxygen atoms in total. The first kappa shape index (κ1) is 13.5. The van der Waals surface area contributed by atoms with Crippen LogP contribution in [0.1, 0.15) is 5.69 Å². The summed E-state index contributed by atoms with van der Waals surface area (Å²) in [7, 11) is 0. The van der Waals surface area contributed by atoms with Crippen LogP contribution >= 0.6 is 0 Å². The molecule has 1 saturated heterocycles. The number of anilines is 1. The minimum absolute atomic E-state index is 0.0669. The van der Waals surface area contributed by atoms with E-state index in [1.165, 1.54) is 0 Å². The highest BCUT2D eigenvalue weighted by Crippen LogP contribution is 2.10. The molecule has 0 radical (unpaired) electrons. The highest BCUT2D eigenvalue weighted by Gasteiger charge is 2.22. The lowest BCUT2D eigenvalue weighted by molar-refractivity contribution is -0.132. The van der Waals surface area contributed by atoms with Crippen molar-refractivity contribution < 1.29 is 4.79 Å². The lowest BCUT2D eigenvalue weighted by Crippen LogP contribution is -2.50. The van der Waals surface area contributed by atoms with Crippen molar-refractivity contribution in [2.24, 2.45) is 0 Å². The minimum Gasteiger partial charge on any atom is -0.338 e. The van der Waals surface area contributed by atoms with Crippen molar-refractivity contribution in [2.75, 3.05) is 31.1 Å². The number of nitrogens with zero attached hydrogens (tertiary/aromatic N) is 7. The van der Waals surface area contributed by atoms with Gasteiger partial charge in [0, 0.05) is 38.6 Å². The second kappa shape index (κ2) is 5.86. The van der Waals surface area contributed by atoms with Gasteiger partial charge in [-0.05, 0) is 13.0 Å². The Balaban J connectivity index is 1.56. The van der Waals surface area contributed by atoms with Gasteiger partial charge in [-0.3, -0.25) is 4.79 Å². The molecule has 0 atom stereocenters. The molecule has 0 spiro atoms. The summed E-state index contributed by atoms with van der Waals surface area (Å²) < 4.78 is 1.62. The maximum Gasteiger partial charge on any atom is 0.244 e. The van der Waals surface area contributed by atoms with Gasteiger partial charge in [0.15, 0.2) is 0 Å². The van der Waals surface area contributed by atoms with E-state index in [1.807, 2.05) is 11.8 Å². The van der Waals surface area contributed by atoms with E-state index in [2.05, 4.69) is 25.2 Å². The molecule has 1 fully saturated rings. The van der Waals surface area contributed by atoms with Gasteiger partial charge < -0.3 is 9.80 Å². The highest BCUT2D eigenvalue weighted by atomic mass is 16.2. The van der Waals surface area contributed by atoms with Crippen LogP contribution in [0.3, 0.4) is 0 Å². The van der Waals surface area contributed by atoms with Gasteiger partial charge in [0.05, 0.1) is 11.9 Å². The third-order valence-electron chi connectivity index (χ3n) is 3.56. The zero-order valence-electron chi connectivity index (χ0n) is 11.9. The molecule has 2 aromatic rings. The summed E-state index contributed by atoms with van der Waals surface area (Å²) in [5, 5.41) is 7.69. The fourth-order valence-corrected chi connectivity index (χ4v) is 2.30. The molecule has 0 aromatic carbocycles. The number of carbonyl (C=O) groups is 1. The molecule has 0 saturated carbocycles. The summed E-state index contributed by atoms with van der Waals surface area (Å²) in [6.45, 7) is 4.96. The summed E-state index contributed by atoms with van der Waals surface area (Å²) in [4.78, 5) is 24.7. The van der Waals surface area contributed by atoms with Crippen molar-refractivity contribution in [3.05, 3.63) is 30.4 Å². The Hall–Kier alpha value is -2.51. The molecule has 0 unspecified atom stereocenters. The van der Waals surface area contributed by atoms with Crippen LogP contribution in [0.15, 0.2) is 24.7 Å². The largest absolute Gasteiger partial charge is 0.338 e. The Morgan fingerprint density at radius 2 is 1.90 bits per heavy atom. The molecule has 1 amide bonds. The van der Waals surface area contributed by atoms with Gasteiger partial charge in [-0.25, -0.2) is 14.6 Å². The predicted octanol–water partition coefficient (Wildman–Crippen LogP) is -0.275. The summed E-state index contributed by atoms with van der Waals surface area (Å²) in [6.07, 6.45) is 5.11. The van der Waals surface area contributed by atoms with Crippen LogP contribution in [0.5, 0.6) is 0 Å². The normalized spacial score (nSPS) is 15.3. The third kappa shape index (κ3) is 2.99. The first-order chi connectivity index (χ1) is 10.2. The van der Waals surface area contributed by atoms with Crippen LogP contribution in [-0.4, -0.2) is 61.9 Å². The zero-order valence-corrected chi connectivity index (χ0v) is 11.9. The Labute approximate surface area is 122 Å². The molecule has 1 aliphatic rings. The van der Waals surface area contributed by atoms with Crippen LogP contribution < -0.4 is 4.90 Å². The van der Waals surface area contributed by atoms with E-state index in [0.717, 1.165) is 24.7 Å². The molecule has 21 heavy (non-hydrogen) atoms. The summed E-state index contributed by atoms with van der Waals surface area (Å²) >= 11 is 0. The van der Waals surface area contributed by atoms with Crippen LogP contribution in [0.25, 0.3) is 0 Å². The van der Waals surface area contributed by atoms with Crippen molar-refractivity contribution in [1.82, 2.24) is 29.9 Å². The van der Waals surface area contributed by atoms with Gasteiger partial charge >= 0.3 is 0 Å². The molecule has 0 N–H and O–H groups in total. The second-order valence-corrected chi connectivity index (χ2v) is 4.95. The number of aromatic nitrogens is 5. The smallest absolute Gasteiger partial charge is 0.244 e. The molecule has 1 aliphatic heterocycles. The number of hydrogen-bond acceptors (Lipinski definition) is 6. The maximum atomic E-state index is 12.2. The molecule has 3 heterocycles. The Bertz CT molecular complexity index is 604. The molecule has 0 aliphatic carbocycles. The first-order valence-electron chi connectivity index (χ1n) is 6.89. The Morgan fingerprint density at radius 3 is 2.52 bits per heavy atom. The van der Waals surface area contributed by atoms with Crippen molar-refractivity contribution in [1.29, 1.82) is 0 Å². The van der Waals surface area contributed by atoms with E-state index in [4.69, 9.17) is 0 Å². The molecule has 2 aromatic heterocycles. The van der Waals surface area contributed by atoms with Gasteiger partial charge in [0.2, 0.25) is 11.9 Å². The van der Waals surface area contributed by atoms with E-state index in [1.54, 1.807) is 29.3 Å². The molecular formula is C13H17N7O. The van der Waals surface area contributed by atoms with Crippen molar-refractivity contribution >= 4 is 11.9 Å². The van der Waals surface area contributed by atoms with Gasteiger partial charge in [-0.1, -0.05) is 5.21 Å². The average Bonchev–Trinajstić information content (AvgIpc) is 2.93. The number of amides is 1. The average molecular weight is 287 g/mol. The van der Waals surface area contributed by atoms with Crippen molar-refractivity contribution in [3.63, 3.8) is 0 Å². The lowest BCUT2D eigenvalue weighted by atomic mass is 10.3. The van der Waals surface area contributed by atoms with Crippen LogP contribution in [0.2, 0.25) is 0 Å². The van der Waals surface area contributed by atoms with Gasteiger partial charge in [0.1, 0.15) is 6.54 Å². The monoisotopic (exact) mass is 287 g/mol. The van der Waals surface area contributed by atoms with E-state index >= 15 is 0 Å². The lowest BCUT2D eigenvalue weighted by Gasteiger charge is -2.34. The van der Waals surface area contributed by atoms with Crippen LogP contribution in [0, 0.1) is 6.92 Å². The Kier molecular flexibility index (Phi) is 3.76. The second-order valence-electron chi connectivity index (χ2n) is 4.95. The standard InChI is InChI=1S/C13H17N7O/c1-11-9-16-17-20(11)10-12(21)18-5-7-19(8-6-18)13-14-3-2-4-15-13/h2-4,9H,5-8,10H2,1H3. The molecule has 3 rings (SSSR count). The Morgan fingerprint density at radius 1 is 1.19 bits per heavy atom. The first-order valence-corrected chi connectivity index (χ1v) is 6.89. The van der Waals surface area contributed by atoms with Gasteiger partial charge in [-0.15, -0.1) is 5.10 Å². The van der Waals surface area contributed by atoms with Gasteiger partial charge in [-0.2, -0.15) is 0 Å². The number of hydrogen-bond donors (Lipinski definition) is 0. The van der Waals surface area contributed by atoms with Crippen molar-refractivity contribution in [3.8, 4) is 0 Å². The molecule has 110 valence electrons.